The van der Waals surface area contributed by atoms with Crippen LogP contribution in [0.5, 0.6) is 0 Å². The molecule has 2 spiro atoms. The number of aromatic nitrogens is 4. The summed E-state index contributed by atoms with van der Waals surface area (Å²) in [4.78, 5) is 17.8. The number of aryl methyl sites for hydroxylation is 6. The Morgan fingerprint density at radius 3 is 1.21 bits per heavy atom. The first-order valence-corrected chi connectivity index (χ1v) is 33.8. The summed E-state index contributed by atoms with van der Waals surface area (Å²) >= 11 is 0. The molecule has 0 unspecified atom stereocenters. The van der Waals surface area contributed by atoms with Crippen molar-refractivity contribution in [3.63, 3.8) is 0 Å². The zero-order chi connectivity index (χ0) is 67.1. The van der Waals surface area contributed by atoms with Crippen LogP contribution < -0.4 is 0 Å². The van der Waals surface area contributed by atoms with Crippen molar-refractivity contribution in [3.05, 3.63) is 263 Å². The number of aliphatic hydroxyl groups is 2. The fraction of sp³-hybridized carbons (Fsp3) is 0.309. The minimum absolute atomic E-state index is 0. The third kappa shape index (κ3) is 22.2. The number of halogens is 3. The first-order valence-electron chi connectivity index (χ1n) is 32.3. The minimum atomic E-state index is -5.84. The molecule has 15 heteroatoms. The Balaban J connectivity index is 0.000000197. The van der Waals surface area contributed by atoms with Gasteiger partial charge in [-0.25, -0.2) is 0 Å². The molecule has 14 rings (SSSR count). The fourth-order valence-corrected chi connectivity index (χ4v) is 12.9. The van der Waals surface area contributed by atoms with E-state index in [4.69, 9.17) is 23.2 Å². The van der Waals surface area contributed by atoms with Crippen molar-refractivity contribution in [1.29, 1.82) is 0 Å². The first kappa shape index (κ1) is 77.8. The smallest absolute Gasteiger partial charge is 0.400 e. The Labute approximate surface area is 594 Å². The Morgan fingerprint density at radius 1 is 0.406 bits per heavy atom. The zero-order valence-corrected chi connectivity index (χ0v) is 61.1. The van der Waals surface area contributed by atoms with Crippen LogP contribution in [-0.2, 0) is 76.0 Å². The molecule has 0 bridgehead atoms. The Kier molecular flexibility index (Phi) is 30.4. The van der Waals surface area contributed by atoms with Crippen LogP contribution in [0.3, 0.4) is 0 Å². The van der Waals surface area contributed by atoms with Crippen LogP contribution in [0.2, 0.25) is 0 Å². The van der Waals surface area contributed by atoms with E-state index in [9.17, 15) is 13.2 Å². The summed E-state index contributed by atoms with van der Waals surface area (Å²) in [7, 11) is -3.84. The quantitative estimate of drug-likeness (QED) is 0.0841. The molecule has 4 aliphatic carbocycles. The molecule has 0 amide bonds. The summed E-state index contributed by atoms with van der Waals surface area (Å²) in [6.07, 6.45) is 29.9. The van der Waals surface area contributed by atoms with E-state index in [2.05, 4.69) is 173 Å². The number of nitrogens with zero attached hydrogens (tertiary/aromatic N) is 4. The van der Waals surface area contributed by atoms with E-state index in [0.717, 1.165) is 53.7 Å². The molecule has 2 radical (unpaired) electrons. The predicted octanol–water partition coefficient (Wildman–Crippen LogP) is 19.4. The van der Waals surface area contributed by atoms with Gasteiger partial charge in [0, 0.05) is 84.8 Å². The second-order valence-electron chi connectivity index (χ2n) is 24.9. The SMILES string of the molecule is CO.CO.Cc1c[c-]c(-c2ccc(C)cn2)cc1.Cc1c[c-]c(-c2ccc(C)cn2)cc1.O=S(=O)(O)C(F)(F)F.[Ir].[Ir].[c-]1ccccc1-c1cc(-c2ccc3c(c2)CCC2(CCCCC2)C3)ccn1.c1ccc(-c2cc(-c3ccc4c(c3)CCC3(CCCCC3)C4)ccn2)cc1. The second kappa shape index (κ2) is 37.5. The number of alkyl halides is 3. The molecule has 4 heterocycles. The molecule has 4 aromatic heterocycles. The van der Waals surface area contributed by atoms with Gasteiger partial charge in [0.25, 0.3) is 0 Å². The molecule has 2 saturated carbocycles. The largest absolute Gasteiger partial charge is 0.522 e. The summed E-state index contributed by atoms with van der Waals surface area (Å²) in [5.41, 5.74) is 20.3. The molecule has 9 nitrogen and oxygen atoms in total. The van der Waals surface area contributed by atoms with Crippen molar-refractivity contribution < 1.29 is 76.6 Å². The van der Waals surface area contributed by atoms with Crippen LogP contribution in [-0.4, -0.2) is 62.8 Å². The number of benzene rings is 6. The number of aliphatic hydroxyl groups excluding tert-OH is 2. The van der Waals surface area contributed by atoms with Crippen LogP contribution in [0.25, 0.3) is 67.3 Å². The molecule has 4 aliphatic rings. The monoisotopic (exact) mass is 1670 g/mol. The predicted molar refractivity (Wildman–Crippen MR) is 374 cm³/mol. The summed E-state index contributed by atoms with van der Waals surface area (Å²) in [5, 5.41) is 14.0. The molecule has 6 aromatic carbocycles. The van der Waals surface area contributed by atoms with E-state index in [0.29, 0.717) is 10.8 Å². The van der Waals surface area contributed by atoms with Gasteiger partial charge in [0.2, 0.25) is 0 Å². The van der Waals surface area contributed by atoms with E-state index >= 15 is 0 Å². The van der Waals surface area contributed by atoms with Crippen LogP contribution >= 0.6 is 0 Å². The number of hydrogen-bond acceptors (Lipinski definition) is 8. The maximum absolute atomic E-state index is 10.7. The zero-order valence-electron chi connectivity index (χ0n) is 55.5. The fourth-order valence-electron chi connectivity index (χ4n) is 12.9. The third-order valence-corrected chi connectivity index (χ3v) is 18.7. The van der Waals surface area contributed by atoms with E-state index in [-0.39, 0.29) is 40.2 Å². The van der Waals surface area contributed by atoms with Crippen molar-refractivity contribution in [2.45, 2.75) is 136 Å². The maximum atomic E-state index is 10.7. The van der Waals surface area contributed by atoms with Gasteiger partial charge in [0.1, 0.15) is 0 Å². The normalized spacial score (nSPS) is 14.5. The molecular formula is C81H86F3Ir2N4O5S-3. The van der Waals surface area contributed by atoms with Crippen LogP contribution in [0.15, 0.2) is 201 Å². The third-order valence-electron chi connectivity index (χ3n) is 18.1. The van der Waals surface area contributed by atoms with Gasteiger partial charge >= 0.3 is 15.6 Å². The topological polar surface area (TPSA) is 146 Å². The Hall–Kier alpha value is -7.16. The van der Waals surface area contributed by atoms with Gasteiger partial charge in [0.05, 0.1) is 5.69 Å². The van der Waals surface area contributed by atoms with E-state index in [1.807, 2.05) is 93.2 Å². The molecule has 0 atom stereocenters. The van der Waals surface area contributed by atoms with E-state index in [1.54, 1.807) is 22.3 Å². The number of fused-ring (bicyclic) bond motifs is 2. The average molecular weight is 1670 g/mol. The van der Waals surface area contributed by atoms with Gasteiger partial charge in [-0.15, -0.1) is 107 Å². The van der Waals surface area contributed by atoms with Gasteiger partial charge in [-0.2, -0.15) is 21.6 Å². The molecular weight excluding hydrogens is 1580 g/mol. The van der Waals surface area contributed by atoms with Gasteiger partial charge in [0.15, 0.2) is 0 Å². The van der Waals surface area contributed by atoms with Gasteiger partial charge in [-0.1, -0.05) is 149 Å². The maximum Gasteiger partial charge on any atom is 0.522 e. The number of pyridine rings is 4. The van der Waals surface area contributed by atoms with Gasteiger partial charge in [-0.05, 0) is 180 Å². The summed E-state index contributed by atoms with van der Waals surface area (Å²) in [5.74, 6) is 0. The number of rotatable bonds is 6. The van der Waals surface area contributed by atoms with Crippen molar-refractivity contribution in [2.24, 2.45) is 10.8 Å². The summed E-state index contributed by atoms with van der Waals surface area (Å²) in [6.45, 7) is 8.19. The van der Waals surface area contributed by atoms with Crippen molar-refractivity contribution in [1.82, 2.24) is 19.9 Å². The molecule has 2 fully saturated rings. The Morgan fingerprint density at radius 2 is 0.812 bits per heavy atom. The second-order valence-corrected chi connectivity index (χ2v) is 26.3. The first-order chi connectivity index (χ1) is 45.4. The molecule has 96 heavy (non-hydrogen) atoms. The van der Waals surface area contributed by atoms with E-state index in [1.165, 1.54) is 153 Å². The minimum Gasteiger partial charge on any atom is -0.400 e. The summed E-state index contributed by atoms with van der Waals surface area (Å²) < 4.78 is 57.5. The molecule has 508 valence electrons. The van der Waals surface area contributed by atoms with Crippen molar-refractivity contribution >= 4 is 10.1 Å². The molecule has 10 aromatic rings. The standard InChI is InChI=1S/C26H27N.C26H26N.2C13H12N.CHF3O3S.2CH4O.2Ir/c2*1-3-7-20(8-4-1)25-18-23(12-16-27-25)21-9-10-24-19-26(13-5-2-6-14-26)15-11-22(24)17-21;2*1-10-3-6-12(7-4-10)13-8-5-11(2)9-14-13;2-1(3,4)8(5,6)7;2*1-2;;/h1,3-4,7-10,12,16-18H,2,5-6,11,13-15,19H2;1,3-4,7,9-10,12,16-18H,2,5-6,11,13-15,19H2;2*3-6,8-9H,1-2H3;(H,5,6,7);2*2H,1H3;;/q;3*-1;;;;;. The van der Waals surface area contributed by atoms with Gasteiger partial charge in [-0.3, -0.25) is 9.54 Å². The van der Waals surface area contributed by atoms with Crippen LogP contribution in [0, 0.1) is 56.7 Å². The van der Waals surface area contributed by atoms with Gasteiger partial charge < -0.3 is 25.2 Å². The Bertz CT molecular complexity index is 3740. The van der Waals surface area contributed by atoms with E-state index < -0.39 is 15.6 Å². The molecule has 0 saturated heterocycles. The summed E-state index contributed by atoms with van der Waals surface area (Å²) in [6, 6.07) is 71.6. The van der Waals surface area contributed by atoms with Crippen LogP contribution in [0.4, 0.5) is 13.2 Å². The molecule has 3 N–H and O–H groups in total. The van der Waals surface area contributed by atoms with Crippen molar-refractivity contribution in [2.75, 3.05) is 14.2 Å². The average Bonchev–Trinajstić information content (AvgIpc) is 0.794. The molecule has 0 aliphatic heterocycles. The van der Waals surface area contributed by atoms with Crippen LogP contribution in [0.1, 0.15) is 122 Å². The number of hydrogen-bond donors (Lipinski definition) is 3. The van der Waals surface area contributed by atoms with Crippen molar-refractivity contribution in [3.8, 4) is 67.3 Å².